The summed E-state index contributed by atoms with van der Waals surface area (Å²) in [5, 5.41) is 21.4. The molecule has 0 aliphatic carbocycles. The van der Waals surface area contributed by atoms with E-state index in [0.29, 0.717) is 24.2 Å². The summed E-state index contributed by atoms with van der Waals surface area (Å²) in [6.45, 7) is 1.85. The number of carbonyl (C=O) groups excluding carboxylic acids is 3. The molecule has 1 heterocycles. The van der Waals surface area contributed by atoms with E-state index in [2.05, 4.69) is 17.2 Å². The van der Waals surface area contributed by atoms with Crippen molar-refractivity contribution < 1.29 is 33.1 Å². The lowest BCUT2D eigenvalue weighted by atomic mass is 9.98. The number of aromatic nitrogens is 2. The Kier molecular flexibility index (Phi) is 12.0. The second-order valence-electron chi connectivity index (χ2n) is 9.55. The van der Waals surface area contributed by atoms with Crippen LogP contribution in [0.3, 0.4) is 0 Å². The summed E-state index contributed by atoms with van der Waals surface area (Å²) >= 11 is 6.19. The summed E-state index contributed by atoms with van der Waals surface area (Å²) in [5.74, 6) is -3.01. The largest absolute Gasteiger partial charge is 0.390 e. The fraction of sp³-hybridized carbons (Fsp3) is 0.357. The molecular weight excluding hydrogens is 586 g/mol. The first-order valence-electron chi connectivity index (χ1n) is 13.3. The van der Waals surface area contributed by atoms with Crippen LogP contribution in [0.25, 0.3) is 0 Å². The van der Waals surface area contributed by atoms with Crippen LogP contribution in [-0.2, 0) is 50.4 Å². The van der Waals surface area contributed by atoms with Gasteiger partial charge in [0.05, 0.1) is 17.2 Å². The molecule has 3 rings (SSSR count). The van der Waals surface area contributed by atoms with Gasteiger partial charge in [-0.2, -0.15) is 0 Å². The minimum atomic E-state index is -4.19. The molecule has 42 heavy (non-hydrogen) atoms. The van der Waals surface area contributed by atoms with Crippen molar-refractivity contribution in [2.24, 2.45) is 5.92 Å². The van der Waals surface area contributed by atoms with Crippen molar-refractivity contribution in [2.75, 3.05) is 6.54 Å². The van der Waals surface area contributed by atoms with E-state index in [1.54, 1.807) is 42.5 Å². The number of sulfonamides is 1. The Morgan fingerprint density at radius 3 is 2.33 bits per heavy atom. The monoisotopic (exact) mass is 619 g/mol. The molecule has 1 aromatic heterocycles. The van der Waals surface area contributed by atoms with Gasteiger partial charge >= 0.3 is 0 Å². The van der Waals surface area contributed by atoms with Crippen LogP contribution in [0, 0.1) is 5.92 Å². The van der Waals surface area contributed by atoms with E-state index in [1.807, 2.05) is 9.29 Å². The third-order valence-electron chi connectivity index (χ3n) is 6.51. The van der Waals surface area contributed by atoms with Crippen LogP contribution in [-0.4, -0.2) is 52.5 Å². The molecule has 2 aromatic carbocycles. The molecule has 0 aliphatic heterocycles. The van der Waals surface area contributed by atoms with Gasteiger partial charge in [-0.05, 0) is 36.1 Å². The fourth-order valence-electron chi connectivity index (χ4n) is 4.24. The minimum Gasteiger partial charge on any atom is -0.390 e. The highest BCUT2D eigenvalue weighted by Gasteiger charge is 2.27. The highest BCUT2D eigenvalue weighted by Crippen LogP contribution is 2.21. The smallest absolute Gasteiger partial charge is 0.264 e. The molecule has 0 fully saturated rings. The predicted molar refractivity (Wildman–Crippen MR) is 154 cm³/mol. The summed E-state index contributed by atoms with van der Waals surface area (Å²) in [4.78, 5) is 41.1. The molecule has 0 aliphatic rings. The third-order valence-corrected chi connectivity index (χ3v) is 8.20. The van der Waals surface area contributed by atoms with E-state index in [9.17, 15) is 27.9 Å². The van der Waals surface area contributed by atoms with Crippen LogP contribution in [0.2, 0.25) is 5.15 Å². The van der Waals surface area contributed by atoms with Crippen molar-refractivity contribution in [1.82, 2.24) is 25.1 Å². The van der Waals surface area contributed by atoms with Gasteiger partial charge < -0.3 is 15.0 Å². The van der Waals surface area contributed by atoms with Crippen molar-refractivity contribution in [3.8, 4) is 0 Å². The summed E-state index contributed by atoms with van der Waals surface area (Å²) in [6.07, 6.45) is 2.18. The minimum absolute atomic E-state index is 0.0187. The van der Waals surface area contributed by atoms with Gasteiger partial charge in [-0.25, -0.2) is 23.6 Å². The maximum Gasteiger partial charge on any atom is 0.264 e. The van der Waals surface area contributed by atoms with Crippen molar-refractivity contribution in [2.45, 2.75) is 57.1 Å². The van der Waals surface area contributed by atoms with Gasteiger partial charge in [0.25, 0.3) is 15.9 Å². The quantitative estimate of drug-likeness (QED) is 0.0974. The number of hydrogen-bond donors (Lipinski definition) is 5. The number of hydrogen-bond acceptors (Lipinski definition) is 8. The zero-order chi connectivity index (χ0) is 30.7. The number of rotatable bonds is 15. The van der Waals surface area contributed by atoms with E-state index in [0.717, 1.165) is 24.2 Å². The highest BCUT2D eigenvalue weighted by molar-refractivity contribution is 7.90. The lowest BCUT2D eigenvalue weighted by Crippen LogP contribution is -2.42. The number of halogens is 1. The van der Waals surface area contributed by atoms with Gasteiger partial charge in [-0.1, -0.05) is 67.4 Å². The van der Waals surface area contributed by atoms with Crippen LogP contribution in [0.1, 0.15) is 48.8 Å². The predicted octanol–water partition coefficient (Wildman–Crippen LogP) is 2.10. The summed E-state index contributed by atoms with van der Waals surface area (Å²) in [5.41, 5.74) is 3.37. The summed E-state index contributed by atoms with van der Waals surface area (Å²) in [7, 11) is -4.19. The Morgan fingerprint density at radius 2 is 1.71 bits per heavy atom. The molecule has 14 heteroatoms. The average molecular weight is 620 g/mol. The van der Waals surface area contributed by atoms with E-state index in [1.165, 1.54) is 17.6 Å². The van der Waals surface area contributed by atoms with Crippen molar-refractivity contribution >= 4 is 39.3 Å². The van der Waals surface area contributed by atoms with Crippen LogP contribution >= 0.6 is 11.6 Å². The molecule has 3 aromatic rings. The molecular formula is C28H34ClN5O7S. The first kappa shape index (κ1) is 32.7. The van der Waals surface area contributed by atoms with E-state index < -0.39 is 33.7 Å². The Labute approximate surface area is 249 Å². The average Bonchev–Trinajstić information content (AvgIpc) is 3.27. The van der Waals surface area contributed by atoms with E-state index in [-0.39, 0.29) is 36.0 Å². The van der Waals surface area contributed by atoms with Crippen LogP contribution in [0.5, 0.6) is 0 Å². The Bertz CT molecular complexity index is 1480. The Morgan fingerprint density at radius 1 is 1.02 bits per heavy atom. The highest BCUT2D eigenvalue weighted by atomic mass is 35.5. The number of aliphatic hydroxyl groups excluding tert-OH is 1. The third kappa shape index (κ3) is 8.86. The molecule has 226 valence electrons. The van der Waals surface area contributed by atoms with Crippen molar-refractivity contribution in [3.63, 3.8) is 0 Å². The number of imidazole rings is 1. The molecule has 12 nitrogen and oxygen atoms in total. The zero-order valence-electron chi connectivity index (χ0n) is 23.0. The van der Waals surface area contributed by atoms with Crippen molar-refractivity contribution in [1.29, 1.82) is 0 Å². The van der Waals surface area contributed by atoms with Crippen LogP contribution in [0.15, 0.2) is 59.5 Å². The number of aryl methyl sites for hydroxylation is 1. The standard InChI is InChI=1S/C28H34ClN5O7S/c1-2-3-9-24-31-26(29)23(18-35)34(24)17-20-10-12-21(13-11-20)42(40,41)33-25(36)14-15-30-27(37)22(28(38)32-39)16-19-7-5-4-6-8-19/h4-8,10-13,22,35,39H,2-3,9,14-18H2,1H3,(H,30,37)(H,32,38)(H,33,36). The molecule has 0 radical (unpaired) electrons. The van der Waals surface area contributed by atoms with Gasteiger partial charge in [0.1, 0.15) is 11.7 Å². The normalized spacial score (nSPS) is 12.0. The van der Waals surface area contributed by atoms with Gasteiger partial charge in [0, 0.05) is 25.9 Å². The number of nitrogens with one attached hydrogen (secondary N) is 3. The lowest BCUT2D eigenvalue weighted by molar-refractivity contribution is -0.140. The Hall–Kier alpha value is -3.78. The second-order valence-corrected chi connectivity index (χ2v) is 11.6. The molecule has 0 saturated heterocycles. The van der Waals surface area contributed by atoms with E-state index >= 15 is 0 Å². The fourth-order valence-corrected chi connectivity index (χ4v) is 5.51. The van der Waals surface area contributed by atoms with Crippen molar-refractivity contribution in [3.05, 3.63) is 82.4 Å². The maximum absolute atomic E-state index is 12.8. The SMILES string of the molecule is CCCCc1nc(Cl)c(CO)n1Cc1ccc(S(=O)(=O)NC(=O)CCNC(=O)C(Cc2ccccc2)C(=O)NO)cc1. The van der Waals surface area contributed by atoms with Gasteiger partial charge in [0.15, 0.2) is 5.15 Å². The van der Waals surface area contributed by atoms with Gasteiger partial charge in [-0.15, -0.1) is 0 Å². The topological polar surface area (TPSA) is 180 Å². The first-order chi connectivity index (χ1) is 20.1. The number of carbonyl (C=O) groups is 3. The zero-order valence-corrected chi connectivity index (χ0v) is 24.6. The lowest BCUT2D eigenvalue weighted by Gasteiger charge is -2.15. The first-order valence-corrected chi connectivity index (χ1v) is 15.2. The van der Waals surface area contributed by atoms with Crippen LogP contribution in [0.4, 0.5) is 0 Å². The number of nitrogens with zero attached hydrogens (tertiary/aromatic N) is 2. The Balaban J connectivity index is 1.57. The number of benzene rings is 2. The van der Waals surface area contributed by atoms with E-state index in [4.69, 9.17) is 16.8 Å². The summed E-state index contributed by atoms with van der Waals surface area (Å²) in [6, 6.07) is 14.6. The van der Waals surface area contributed by atoms with Gasteiger partial charge in [0.2, 0.25) is 11.8 Å². The number of amides is 3. The molecule has 1 atom stereocenters. The molecule has 3 amide bonds. The van der Waals surface area contributed by atoms with Gasteiger partial charge in [-0.3, -0.25) is 19.6 Å². The number of hydroxylamine groups is 1. The second kappa shape index (κ2) is 15.4. The summed E-state index contributed by atoms with van der Waals surface area (Å²) < 4.78 is 29.3. The molecule has 0 spiro atoms. The number of aliphatic hydroxyl groups is 1. The molecule has 5 N–H and O–H groups in total. The maximum atomic E-state index is 12.8. The molecule has 0 bridgehead atoms. The number of unbranched alkanes of at least 4 members (excludes halogenated alkanes) is 1. The van der Waals surface area contributed by atoms with Crippen LogP contribution < -0.4 is 15.5 Å². The molecule has 0 saturated carbocycles. The molecule has 1 unspecified atom stereocenters.